The zero-order chi connectivity index (χ0) is 21.3. The summed E-state index contributed by atoms with van der Waals surface area (Å²) in [5, 5.41) is 4.08. The molecule has 0 aromatic heterocycles. The van der Waals surface area contributed by atoms with Gasteiger partial charge in [0.05, 0.1) is 6.54 Å². The molecule has 2 aromatic carbocycles. The number of nitrogens with two attached hydrogens (primary N) is 1. The molecule has 3 N–H and O–H groups in total. The Morgan fingerprint density at radius 1 is 1.14 bits per heavy atom. The minimum absolute atomic E-state index is 0.0462. The van der Waals surface area contributed by atoms with Crippen molar-refractivity contribution in [3.8, 4) is 0 Å². The van der Waals surface area contributed by atoms with Crippen molar-refractivity contribution in [3.05, 3.63) is 63.6 Å². The van der Waals surface area contributed by atoms with E-state index in [1.54, 1.807) is 18.2 Å². The van der Waals surface area contributed by atoms with Gasteiger partial charge in [0.1, 0.15) is 5.54 Å². The first-order valence-electron chi connectivity index (χ1n) is 9.56. The number of primary amides is 1. The molecule has 0 fully saturated rings. The third-order valence-corrected chi connectivity index (χ3v) is 6.14. The van der Waals surface area contributed by atoms with E-state index in [1.807, 2.05) is 36.1 Å². The number of hydrogen-bond acceptors (Lipinski definition) is 3. The van der Waals surface area contributed by atoms with Crippen LogP contribution >= 0.6 is 23.2 Å². The van der Waals surface area contributed by atoms with E-state index in [-0.39, 0.29) is 24.4 Å². The van der Waals surface area contributed by atoms with Gasteiger partial charge < -0.3 is 11.1 Å². The van der Waals surface area contributed by atoms with Crippen molar-refractivity contribution in [3.63, 3.8) is 0 Å². The Balaban J connectivity index is 2.23. The number of rotatable bonds is 7. The first-order valence-corrected chi connectivity index (χ1v) is 10.3. The fourth-order valence-electron chi connectivity index (χ4n) is 3.99. The predicted octanol–water partition coefficient (Wildman–Crippen LogP) is 4.22. The monoisotopic (exact) mass is 433 g/mol. The van der Waals surface area contributed by atoms with E-state index in [9.17, 15) is 9.59 Å². The number of fused-ring (bicyclic) bond motifs is 1. The van der Waals surface area contributed by atoms with Gasteiger partial charge >= 0.3 is 0 Å². The van der Waals surface area contributed by atoms with Crippen molar-refractivity contribution in [1.82, 2.24) is 4.90 Å². The molecule has 2 aromatic rings. The fraction of sp³-hybridized carbons (Fsp3) is 0.364. The lowest BCUT2D eigenvalue weighted by Crippen LogP contribution is -2.59. The molecule has 0 saturated carbocycles. The summed E-state index contributed by atoms with van der Waals surface area (Å²) in [4.78, 5) is 27.5. The van der Waals surface area contributed by atoms with E-state index in [2.05, 4.69) is 19.2 Å². The standard InChI is InChI=1S/C22H25Cl2N3O2/c1-13(2)14(3)27(12-20(25)28)22(11-15-5-4-6-16(23)9-15)18-8-7-17(24)10-19(18)26-21(22)29/h4-10,13-14H,11-12H2,1-3H3,(H2,25,28)(H,26,29). The third kappa shape index (κ3) is 4.13. The van der Waals surface area contributed by atoms with Crippen LogP contribution in [0, 0.1) is 5.92 Å². The summed E-state index contributed by atoms with van der Waals surface area (Å²) >= 11 is 12.4. The molecule has 7 heteroatoms. The van der Waals surface area contributed by atoms with Crippen LogP contribution in [0.1, 0.15) is 31.9 Å². The number of anilines is 1. The molecule has 2 unspecified atom stereocenters. The highest BCUT2D eigenvalue weighted by molar-refractivity contribution is 6.31. The maximum absolute atomic E-state index is 13.5. The Kier molecular flexibility index (Phi) is 6.22. The van der Waals surface area contributed by atoms with E-state index in [0.717, 1.165) is 11.1 Å². The topological polar surface area (TPSA) is 75.4 Å². The summed E-state index contributed by atoms with van der Waals surface area (Å²) in [5.41, 5.74) is 6.82. The Morgan fingerprint density at radius 3 is 2.45 bits per heavy atom. The largest absolute Gasteiger partial charge is 0.369 e. The summed E-state index contributed by atoms with van der Waals surface area (Å²) in [6, 6.07) is 12.7. The van der Waals surface area contributed by atoms with Gasteiger partial charge in [0.15, 0.2) is 0 Å². The van der Waals surface area contributed by atoms with Gasteiger partial charge in [0, 0.05) is 33.8 Å². The molecular formula is C22H25Cl2N3O2. The maximum Gasteiger partial charge on any atom is 0.249 e. The van der Waals surface area contributed by atoms with Crippen molar-refractivity contribution in [1.29, 1.82) is 0 Å². The highest BCUT2D eigenvalue weighted by Gasteiger charge is 2.53. The minimum Gasteiger partial charge on any atom is -0.369 e. The normalized spacial score (nSPS) is 19.3. The molecule has 0 radical (unpaired) electrons. The molecule has 0 saturated heterocycles. The van der Waals surface area contributed by atoms with Crippen molar-refractivity contribution in [2.75, 3.05) is 11.9 Å². The van der Waals surface area contributed by atoms with Crippen LogP contribution in [0.4, 0.5) is 5.69 Å². The molecule has 2 atom stereocenters. The van der Waals surface area contributed by atoms with Gasteiger partial charge in [-0.25, -0.2) is 0 Å². The maximum atomic E-state index is 13.5. The molecule has 154 valence electrons. The van der Waals surface area contributed by atoms with Gasteiger partial charge in [0.25, 0.3) is 0 Å². The smallest absolute Gasteiger partial charge is 0.249 e. The lowest BCUT2D eigenvalue weighted by Gasteiger charge is -2.44. The van der Waals surface area contributed by atoms with E-state index < -0.39 is 11.4 Å². The summed E-state index contributed by atoms with van der Waals surface area (Å²) < 4.78 is 0. The zero-order valence-corrected chi connectivity index (χ0v) is 18.2. The minimum atomic E-state index is -1.11. The van der Waals surface area contributed by atoms with Gasteiger partial charge in [0.2, 0.25) is 11.8 Å². The number of nitrogens with one attached hydrogen (secondary N) is 1. The molecule has 3 rings (SSSR count). The van der Waals surface area contributed by atoms with Crippen LogP contribution in [0.3, 0.4) is 0 Å². The van der Waals surface area contributed by atoms with Gasteiger partial charge in [-0.2, -0.15) is 0 Å². The van der Waals surface area contributed by atoms with Crippen molar-refractivity contribution >= 4 is 40.7 Å². The van der Waals surface area contributed by atoms with Crippen LogP contribution in [0.15, 0.2) is 42.5 Å². The molecule has 5 nitrogen and oxygen atoms in total. The van der Waals surface area contributed by atoms with Crippen molar-refractivity contribution in [2.24, 2.45) is 11.7 Å². The number of carbonyl (C=O) groups excluding carboxylic acids is 2. The summed E-state index contributed by atoms with van der Waals surface area (Å²) in [5.74, 6) is -0.503. The predicted molar refractivity (Wildman–Crippen MR) is 117 cm³/mol. The quantitative estimate of drug-likeness (QED) is 0.686. The van der Waals surface area contributed by atoms with E-state index in [1.165, 1.54) is 0 Å². The van der Waals surface area contributed by atoms with Crippen LogP contribution in [0.25, 0.3) is 0 Å². The van der Waals surface area contributed by atoms with E-state index >= 15 is 0 Å². The third-order valence-electron chi connectivity index (χ3n) is 5.67. The van der Waals surface area contributed by atoms with Gasteiger partial charge in [-0.1, -0.05) is 55.2 Å². The second kappa shape index (κ2) is 8.34. The SMILES string of the molecule is CC(C)C(C)N(CC(N)=O)C1(Cc2cccc(Cl)c2)C(=O)Nc2cc(Cl)ccc21. The molecule has 0 spiro atoms. The molecular weight excluding hydrogens is 409 g/mol. The molecule has 1 aliphatic rings. The number of carbonyl (C=O) groups is 2. The first-order chi connectivity index (χ1) is 13.6. The average molecular weight is 434 g/mol. The summed E-state index contributed by atoms with van der Waals surface area (Å²) in [6.45, 7) is 6.08. The lowest BCUT2D eigenvalue weighted by molar-refractivity contribution is -0.133. The molecule has 29 heavy (non-hydrogen) atoms. The molecule has 2 amide bonds. The summed E-state index contributed by atoms with van der Waals surface area (Å²) in [6.07, 6.45) is 0.346. The number of hydrogen-bond donors (Lipinski definition) is 2. The Labute approximate surface area is 181 Å². The molecule has 1 aliphatic heterocycles. The highest BCUT2D eigenvalue weighted by atomic mass is 35.5. The second-order valence-corrected chi connectivity index (χ2v) is 8.76. The van der Waals surface area contributed by atoms with Gasteiger partial charge in [-0.05, 0) is 42.7 Å². The Morgan fingerprint density at radius 2 is 1.83 bits per heavy atom. The highest BCUT2D eigenvalue weighted by Crippen LogP contribution is 2.45. The van der Waals surface area contributed by atoms with Crippen LogP contribution in [0.2, 0.25) is 10.0 Å². The van der Waals surface area contributed by atoms with Crippen LogP contribution in [-0.2, 0) is 21.5 Å². The first kappa shape index (κ1) is 21.6. The number of halogens is 2. The number of nitrogens with zero attached hydrogens (tertiary/aromatic N) is 1. The number of benzene rings is 2. The van der Waals surface area contributed by atoms with Crippen LogP contribution in [-0.4, -0.2) is 29.3 Å². The fourth-order valence-corrected chi connectivity index (χ4v) is 4.37. The van der Waals surface area contributed by atoms with Gasteiger partial charge in [-0.15, -0.1) is 0 Å². The van der Waals surface area contributed by atoms with Crippen molar-refractivity contribution < 1.29 is 9.59 Å². The van der Waals surface area contributed by atoms with E-state index in [4.69, 9.17) is 28.9 Å². The van der Waals surface area contributed by atoms with Crippen LogP contribution < -0.4 is 11.1 Å². The Bertz CT molecular complexity index is 947. The molecule has 1 heterocycles. The van der Waals surface area contributed by atoms with Crippen LogP contribution in [0.5, 0.6) is 0 Å². The number of amides is 2. The summed E-state index contributed by atoms with van der Waals surface area (Å²) in [7, 11) is 0. The van der Waals surface area contributed by atoms with E-state index in [0.29, 0.717) is 22.2 Å². The van der Waals surface area contributed by atoms with Gasteiger partial charge in [-0.3, -0.25) is 14.5 Å². The zero-order valence-electron chi connectivity index (χ0n) is 16.7. The average Bonchev–Trinajstić information content (AvgIpc) is 2.90. The Hall–Kier alpha value is -2.08. The molecule has 0 bridgehead atoms. The molecule has 0 aliphatic carbocycles. The lowest BCUT2D eigenvalue weighted by atomic mass is 9.81. The second-order valence-electron chi connectivity index (χ2n) is 7.89. The van der Waals surface area contributed by atoms with Crippen molar-refractivity contribution in [2.45, 2.75) is 38.8 Å².